The zero-order valence-corrected chi connectivity index (χ0v) is 17.9. The third-order valence-electron chi connectivity index (χ3n) is 4.81. The van der Waals surface area contributed by atoms with E-state index >= 15 is 0 Å². The largest absolute Gasteiger partial charge is 0.454 e. The molecule has 4 rings (SSSR count). The Balaban J connectivity index is 1.67. The Labute approximate surface area is 174 Å². The quantitative estimate of drug-likeness (QED) is 0.669. The van der Waals surface area contributed by atoms with Crippen LogP contribution >= 0.6 is 11.3 Å². The van der Waals surface area contributed by atoms with Crippen molar-refractivity contribution in [2.75, 3.05) is 57.9 Å². The van der Waals surface area contributed by atoms with Gasteiger partial charge in [0, 0.05) is 37.5 Å². The summed E-state index contributed by atoms with van der Waals surface area (Å²) in [6.45, 7) is 1.64. The lowest BCUT2D eigenvalue weighted by Gasteiger charge is -2.21. The minimum Gasteiger partial charge on any atom is -0.454 e. The summed E-state index contributed by atoms with van der Waals surface area (Å²) in [5.74, 6) is 1.38. The molecule has 2 heterocycles. The van der Waals surface area contributed by atoms with Crippen molar-refractivity contribution >= 4 is 38.3 Å². The monoisotopic (exact) mass is 413 g/mol. The summed E-state index contributed by atoms with van der Waals surface area (Å²) in [4.78, 5) is 23.1. The van der Waals surface area contributed by atoms with Gasteiger partial charge in [0.1, 0.15) is 0 Å². The van der Waals surface area contributed by atoms with Crippen molar-refractivity contribution in [3.05, 3.63) is 42.0 Å². The predicted octanol–water partition coefficient (Wildman–Crippen LogP) is 1.88. The molecule has 0 aliphatic carbocycles. The standard InChI is InChI=1S/C21H24N4O3S/c1-23(2)9-10-25(20(26)14-5-7-15(8-6-14)24(3)4)21-22-16-11-17-18(28-13-27-17)12-19(16)29-21/h5-8,11-12H,9-10,13H2,1-4H3/p+1. The number of quaternary nitrogens is 1. The highest BCUT2D eigenvalue weighted by atomic mass is 32.1. The van der Waals surface area contributed by atoms with Gasteiger partial charge in [0.2, 0.25) is 6.79 Å². The number of likely N-dealkylation sites (N-methyl/N-ethyl adjacent to an activating group) is 1. The second kappa shape index (κ2) is 7.88. The van der Waals surface area contributed by atoms with Crippen molar-refractivity contribution in [3.63, 3.8) is 0 Å². The molecule has 0 unspecified atom stereocenters. The molecular formula is C21H25N4O3S+. The van der Waals surface area contributed by atoms with Gasteiger partial charge in [-0.1, -0.05) is 11.3 Å². The van der Waals surface area contributed by atoms with Crippen LogP contribution in [0.1, 0.15) is 10.4 Å². The minimum absolute atomic E-state index is 0.0457. The van der Waals surface area contributed by atoms with Crippen molar-refractivity contribution in [1.29, 1.82) is 0 Å². The molecule has 1 aromatic heterocycles. The number of carbonyl (C=O) groups excluding carboxylic acids is 1. The van der Waals surface area contributed by atoms with Crippen molar-refractivity contribution in [2.45, 2.75) is 0 Å². The Morgan fingerprint density at radius 2 is 1.83 bits per heavy atom. The van der Waals surface area contributed by atoms with E-state index < -0.39 is 0 Å². The second-order valence-corrected chi connectivity index (χ2v) is 8.53. The number of amides is 1. The van der Waals surface area contributed by atoms with Crippen LogP contribution in [-0.2, 0) is 0 Å². The number of ether oxygens (including phenoxy) is 2. The van der Waals surface area contributed by atoms with Crippen molar-refractivity contribution < 1.29 is 19.2 Å². The Hall–Kier alpha value is -2.84. The molecule has 152 valence electrons. The maximum atomic E-state index is 13.3. The summed E-state index contributed by atoms with van der Waals surface area (Å²) in [6.07, 6.45) is 0. The first-order valence-corrected chi connectivity index (χ1v) is 10.3. The lowest BCUT2D eigenvalue weighted by molar-refractivity contribution is -0.856. The third kappa shape index (κ3) is 3.99. The van der Waals surface area contributed by atoms with Crippen LogP contribution in [0, 0.1) is 0 Å². The topological polar surface area (TPSA) is 59.3 Å². The highest BCUT2D eigenvalue weighted by molar-refractivity contribution is 7.22. The number of carbonyl (C=O) groups is 1. The van der Waals surface area contributed by atoms with Gasteiger partial charge in [-0.05, 0) is 24.3 Å². The van der Waals surface area contributed by atoms with Gasteiger partial charge in [0.15, 0.2) is 16.6 Å². The number of thiazole rings is 1. The fourth-order valence-electron chi connectivity index (χ4n) is 3.10. The molecule has 1 N–H and O–H groups in total. The van der Waals surface area contributed by atoms with E-state index in [1.165, 1.54) is 16.2 Å². The van der Waals surface area contributed by atoms with Crippen LogP contribution in [0.15, 0.2) is 36.4 Å². The Bertz CT molecular complexity index is 989. The summed E-state index contributed by atoms with van der Waals surface area (Å²) in [5, 5.41) is 0.687. The van der Waals surface area contributed by atoms with Gasteiger partial charge < -0.3 is 19.3 Å². The van der Waals surface area contributed by atoms with Gasteiger partial charge in [-0.15, -0.1) is 0 Å². The average Bonchev–Trinajstić information content (AvgIpc) is 3.31. The van der Waals surface area contributed by atoms with Crippen LogP contribution in [0.4, 0.5) is 10.8 Å². The molecule has 2 aromatic carbocycles. The van der Waals surface area contributed by atoms with Gasteiger partial charge in [-0.3, -0.25) is 9.69 Å². The van der Waals surface area contributed by atoms with Crippen LogP contribution in [0.5, 0.6) is 11.5 Å². The fraction of sp³-hybridized carbons (Fsp3) is 0.333. The normalized spacial score (nSPS) is 12.6. The maximum Gasteiger partial charge on any atom is 0.260 e. The summed E-state index contributed by atoms with van der Waals surface area (Å²) < 4.78 is 11.9. The number of nitrogens with zero attached hydrogens (tertiary/aromatic N) is 3. The lowest BCUT2D eigenvalue weighted by Crippen LogP contribution is -3.06. The highest BCUT2D eigenvalue weighted by Gasteiger charge is 2.24. The first kappa shape index (κ1) is 19.5. The lowest BCUT2D eigenvalue weighted by atomic mass is 10.1. The molecule has 8 heteroatoms. The molecule has 7 nitrogen and oxygen atoms in total. The van der Waals surface area contributed by atoms with E-state index in [2.05, 4.69) is 14.1 Å². The van der Waals surface area contributed by atoms with Gasteiger partial charge in [0.25, 0.3) is 5.91 Å². The SMILES string of the molecule is CN(C)c1ccc(C(=O)N(CC[NH+](C)C)c2nc3cc4c(cc3s2)OCO4)cc1. The van der Waals surface area contributed by atoms with Crippen molar-refractivity contribution in [3.8, 4) is 11.5 Å². The average molecular weight is 414 g/mol. The third-order valence-corrected chi connectivity index (χ3v) is 5.85. The second-order valence-electron chi connectivity index (χ2n) is 7.52. The zero-order valence-electron chi connectivity index (χ0n) is 17.1. The molecule has 0 bridgehead atoms. The summed E-state index contributed by atoms with van der Waals surface area (Å²) in [7, 11) is 8.11. The van der Waals surface area contributed by atoms with Crippen LogP contribution in [0.3, 0.4) is 0 Å². The number of fused-ring (bicyclic) bond motifs is 2. The van der Waals surface area contributed by atoms with E-state index in [1.807, 2.05) is 55.4 Å². The Morgan fingerprint density at radius 1 is 1.14 bits per heavy atom. The minimum atomic E-state index is -0.0457. The first-order chi connectivity index (χ1) is 13.9. The molecule has 0 atom stereocenters. The molecule has 1 aliphatic heterocycles. The van der Waals surface area contributed by atoms with E-state index in [1.54, 1.807) is 4.90 Å². The number of nitrogens with one attached hydrogen (secondary N) is 1. The van der Waals surface area contributed by atoms with Gasteiger partial charge in [0.05, 0.1) is 37.4 Å². The summed E-state index contributed by atoms with van der Waals surface area (Å²) >= 11 is 1.50. The molecule has 0 spiro atoms. The van der Waals surface area contributed by atoms with E-state index in [0.717, 1.165) is 28.2 Å². The number of rotatable bonds is 6. The smallest absolute Gasteiger partial charge is 0.260 e. The molecule has 0 saturated heterocycles. The molecular weight excluding hydrogens is 388 g/mol. The summed E-state index contributed by atoms with van der Waals surface area (Å²) in [6, 6.07) is 11.5. The van der Waals surface area contributed by atoms with Crippen LogP contribution in [0.2, 0.25) is 0 Å². The molecule has 1 aliphatic rings. The van der Waals surface area contributed by atoms with Crippen LogP contribution in [0.25, 0.3) is 10.2 Å². The number of aromatic nitrogens is 1. The number of benzene rings is 2. The Kier molecular flexibility index (Phi) is 5.29. The highest BCUT2D eigenvalue weighted by Crippen LogP contribution is 2.40. The zero-order chi connectivity index (χ0) is 20.5. The summed E-state index contributed by atoms with van der Waals surface area (Å²) in [5.41, 5.74) is 2.52. The van der Waals surface area contributed by atoms with E-state index in [4.69, 9.17) is 14.5 Å². The van der Waals surface area contributed by atoms with E-state index in [0.29, 0.717) is 23.0 Å². The molecule has 3 aromatic rings. The van der Waals surface area contributed by atoms with E-state index in [-0.39, 0.29) is 12.7 Å². The molecule has 1 amide bonds. The molecule has 0 radical (unpaired) electrons. The van der Waals surface area contributed by atoms with Crippen LogP contribution < -0.4 is 24.2 Å². The van der Waals surface area contributed by atoms with Crippen molar-refractivity contribution in [1.82, 2.24) is 4.98 Å². The number of hydrogen-bond acceptors (Lipinski definition) is 6. The fourth-order valence-corrected chi connectivity index (χ4v) is 4.10. The molecule has 0 fully saturated rings. The van der Waals surface area contributed by atoms with Gasteiger partial charge in [-0.25, -0.2) is 4.98 Å². The first-order valence-electron chi connectivity index (χ1n) is 9.51. The van der Waals surface area contributed by atoms with Crippen LogP contribution in [-0.4, -0.2) is 59.0 Å². The van der Waals surface area contributed by atoms with Gasteiger partial charge in [-0.2, -0.15) is 0 Å². The van der Waals surface area contributed by atoms with E-state index in [9.17, 15) is 4.79 Å². The van der Waals surface area contributed by atoms with Crippen molar-refractivity contribution in [2.24, 2.45) is 0 Å². The predicted molar refractivity (Wildman–Crippen MR) is 116 cm³/mol. The van der Waals surface area contributed by atoms with Gasteiger partial charge >= 0.3 is 0 Å². The molecule has 29 heavy (non-hydrogen) atoms. The Morgan fingerprint density at radius 3 is 2.48 bits per heavy atom. The maximum absolute atomic E-state index is 13.3. The number of hydrogen-bond donors (Lipinski definition) is 1. The number of anilines is 2. The molecule has 0 saturated carbocycles.